The molecule has 1 saturated heterocycles. The average Bonchev–Trinajstić information content (AvgIpc) is 2.63. The lowest BCUT2D eigenvalue weighted by Gasteiger charge is -2.44. The van der Waals surface area contributed by atoms with Crippen molar-refractivity contribution < 1.29 is 38.1 Å². The molecule has 0 spiro atoms. The van der Waals surface area contributed by atoms with E-state index in [1.165, 1.54) is 7.11 Å². The fourth-order valence-corrected chi connectivity index (χ4v) is 2.94. The van der Waals surface area contributed by atoms with Gasteiger partial charge in [0.1, 0.15) is 0 Å². The monoisotopic (exact) mass is 472 g/mol. The van der Waals surface area contributed by atoms with Crippen molar-refractivity contribution in [2.75, 3.05) is 7.11 Å². The van der Waals surface area contributed by atoms with Crippen molar-refractivity contribution in [3.05, 3.63) is 0 Å². The van der Waals surface area contributed by atoms with Crippen LogP contribution in [0.4, 0.5) is 0 Å². The first-order chi connectivity index (χ1) is 14.8. The van der Waals surface area contributed by atoms with Gasteiger partial charge in [-0.1, -0.05) is 27.7 Å². The molecule has 8 nitrogen and oxygen atoms in total. The van der Waals surface area contributed by atoms with Crippen molar-refractivity contribution in [1.29, 1.82) is 0 Å². The van der Waals surface area contributed by atoms with Gasteiger partial charge in [0.15, 0.2) is 24.6 Å². The first-order valence-electron chi connectivity index (χ1n) is 11.6. The van der Waals surface area contributed by atoms with Gasteiger partial charge in [-0.05, 0) is 59.8 Å². The zero-order chi connectivity index (χ0) is 25.9. The largest absolute Gasteiger partial charge is 0.455 e. The molecule has 1 rings (SSSR count). The molecule has 1 fully saturated rings. The molecule has 33 heavy (non-hydrogen) atoms. The lowest BCUT2D eigenvalue weighted by atomic mass is 9.80. The molecule has 0 N–H and O–H groups in total. The number of ether oxygens (including phenoxy) is 5. The van der Waals surface area contributed by atoms with Gasteiger partial charge < -0.3 is 23.7 Å². The minimum Gasteiger partial charge on any atom is -0.455 e. The summed E-state index contributed by atoms with van der Waals surface area (Å²) in [5, 5.41) is 0. The van der Waals surface area contributed by atoms with Crippen LogP contribution in [0.25, 0.3) is 0 Å². The summed E-state index contributed by atoms with van der Waals surface area (Å²) in [6, 6.07) is 0. The fraction of sp³-hybridized carbons (Fsp3) is 0.880. The summed E-state index contributed by atoms with van der Waals surface area (Å²) in [5.41, 5.74) is -1.72. The molecule has 1 aliphatic rings. The summed E-state index contributed by atoms with van der Waals surface area (Å²) in [6.45, 7) is 20.1. The lowest BCUT2D eigenvalue weighted by Crippen LogP contribution is -2.62. The first-order valence-corrected chi connectivity index (χ1v) is 11.6. The SMILES string of the molecule is CO[C@H]1O[C@H](C)[C@@H](OC(=O)C[C@@H](C)C(C)(C)C)[C@H](OC(=O)C(C)(C)C)[C@H]1OC(=O)C(C)(C)C. The topological polar surface area (TPSA) is 97.4 Å². The smallest absolute Gasteiger partial charge is 0.311 e. The van der Waals surface area contributed by atoms with Gasteiger partial charge in [0.25, 0.3) is 0 Å². The minimum atomic E-state index is -1.11. The molecule has 192 valence electrons. The molecule has 1 heterocycles. The molecule has 1 aliphatic heterocycles. The summed E-state index contributed by atoms with van der Waals surface area (Å²) < 4.78 is 28.6. The van der Waals surface area contributed by atoms with Crippen LogP contribution in [-0.2, 0) is 38.1 Å². The molecule has 0 saturated carbocycles. The van der Waals surface area contributed by atoms with Gasteiger partial charge in [0, 0.05) is 13.5 Å². The normalized spacial score (nSPS) is 27.5. The molecule has 0 bridgehead atoms. The van der Waals surface area contributed by atoms with Crippen molar-refractivity contribution >= 4 is 17.9 Å². The second kappa shape index (κ2) is 10.7. The number of hydrogen-bond acceptors (Lipinski definition) is 8. The van der Waals surface area contributed by atoms with Crippen LogP contribution in [0.1, 0.15) is 82.6 Å². The highest BCUT2D eigenvalue weighted by Gasteiger charge is 2.52. The zero-order valence-electron chi connectivity index (χ0n) is 22.4. The van der Waals surface area contributed by atoms with Crippen molar-refractivity contribution in [1.82, 2.24) is 0 Å². The number of carbonyl (C=O) groups is 3. The van der Waals surface area contributed by atoms with Gasteiger partial charge in [-0.15, -0.1) is 0 Å². The van der Waals surface area contributed by atoms with E-state index in [1.807, 2.05) is 6.92 Å². The molecular formula is C25H44O8. The maximum atomic E-state index is 12.8. The fourth-order valence-electron chi connectivity index (χ4n) is 2.94. The summed E-state index contributed by atoms with van der Waals surface area (Å²) in [6.07, 6.45) is -4.64. The van der Waals surface area contributed by atoms with Crippen LogP contribution < -0.4 is 0 Å². The van der Waals surface area contributed by atoms with E-state index in [2.05, 4.69) is 20.8 Å². The second-order valence-electron chi connectivity index (χ2n) is 12.1. The zero-order valence-corrected chi connectivity index (χ0v) is 22.4. The van der Waals surface area contributed by atoms with E-state index < -0.39 is 59.4 Å². The Morgan fingerprint density at radius 3 is 1.64 bits per heavy atom. The molecule has 8 heteroatoms. The van der Waals surface area contributed by atoms with Crippen LogP contribution >= 0.6 is 0 Å². The molecule has 0 unspecified atom stereocenters. The Morgan fingerprint density at radius 2 is 1.24 bits per heavy atom. The van der Waals surface area contributed by atoms with Crippen LogP contribution in [0.5, 0.6) is 0 Å². The Hall–Kier alpha value is -1.67. The van der Waals surface area contributed by atoms with Crippen molar-refractivity contribution in [2.24, 2.45) is 22.2 Å². The molecule has 0 aliphatic carbocycles. The highest BCUT2D eigenvalue weighted by atomic mass is 16.7. The van der Waals surface area contributed by atoms with E-state index in [0.29, 0.717) is 0 Å². The molecule has 0 radical (unpaired) electrons. The van der Waals surface area contributed by atoms with Crippen LogP contribution in [0.2, 0.25) is 0 Å². The van der Waals surface area contributed by atoms with Gasteiger partial charge in [0.05, 0.1) is 16.9 Å². The molecule has 0 aromatic heterocycles. The maximum Gasteiger partial charge on any atom is 0.311 e. The number of rotatable bonds is 6. The van der Waals surface area contributed by atoms with E-state index in [4.69, 9.17) is 23.7 Å². The number of carbonyl (C=O) groups excluding carboxylic acids is 3. The summed E-state index contributed by atoms with van der Waals surface area (Å²) >= 11 is 0. The van der Waals surface area contributed by atoms with Crippen LogP contribution in [0.15, 0.2) is 0 Å². The molecule has 0 amide bonds. The third-order valence-electron chi connectivity index (χ3n) is 5.89. The molecule has 0 aromatic rings. The third kappa shape index (κ3) is 8.25. The van der Waals surface area contributed by atoms with Crippen molar-refractivity contribution in [3.63, 3.8) is 0 Å². The molecule has 0 aromatic carbocycles. The van der Waals surface area contributed by atoms with E-state index >= 15 is 0 Å². The predicted octanol–water partition coefficient (Wildman–Crippen LogP) is 4.28. The van der Waals surface area contributed by atoms with E-state index in [1.54, 1.807) is 48.5 Å². The second-order valence-corrected chi connectivity index (χ2v) is 12.1. The van der Waals surface area contributed by atoms with Crippen LogP contribution in [-0.4, -0.2) is 55.7 Å². The van der Waals surface area contributed by atoms with Gasteiger partial charge in [0.2, 0.25) is 0 Å². The highest BCUT2D eigenvalue weighted by molar-refractivity contribution is 5.77. The Kier molecular flexibility index (Phi) is 9.54. The maximum absolute atomic E-state index is 12.8. The van der Waals surface area contributed by atoms with Crippen molar-refractivity contribution in [2.45, 2.75) is 113 Å². The summed E-state index contributed by atoms with van der Waals surface area (Å²) in [4.78, 5) is 38.3. The van der Waals surface area contributed by atoms with Crippen LogP contribution in [0, 0.1) is 22.2 Å². The molecule has 6 atom stereocenters. The Bertz CT molecular complexity index is 695. The van der Waals surface area contributed by atoms with Gasteiger partial charge >= 0.3 is 17.9 Å². The number of methoxy groups -OCH3 is 1. The quantitative estimate of drug-likeness (QED) is 0.417. The summed E-state index contributed by atoms with van der Waals surface area (Å²) in [5.74, 6) is -1.42. The summed E-state index contributed by atoms with van der Waals surface area (Å²) in [7, 11) is 1.41. The minimum absolute atomic E-state index is 0.0571. The van der Waals surface area contributed by atoms with Crippen LogP contribution in [0.3, 0.4) is 0 Å². The van der Waals surface area contributed by atoms with E-state index in [9.17, 15) is 14.4 Å². The number of hydrogen-bond donors (Lipinski definition) is 0. The van der Waals surface area contributed by atoms with Crippen molar-refractivity contribution in [3.8, 4) is 0 Å². The first kappa shape index (κ1) is 29.4. The third-order valence-corrected chi connectivity index (χ3v) is 5.89. The lowest BCUT2D eigenvalue weighted by molar-refractivity contribution is -0.298. The van der Waals surface area contributed by atoms with Gasteiger partial charge in [-0.3, -0.25) is 14.4 Å². The predicted molar refractivity (Wildman–Crippen MR) is 123 cm³/mol. The van der Waals surface area contributed by atoms with E-state index in [0.717, 1.165) is 0 Å². The van der Waals surface area contributed by atoms with E-state index in [-0.39, 0.29) is 17.8 Å². The highest BCUT2D eigenvalue weighted by Crippen LogP contribution is 2.33. The van der Waals surface area contributed by atoms with Gasteiger partial charge in [-0.25, -0.2) is 0 Å². The van der Waals surface area contributed by atoms with Gasteiger partial charge in [-0.2, -0.15) is 0 Å². The Morgan fingerprint density at radius 1 is 0.788 bits per heavy atom. The molecular weight excluding hydrogens is 428 g/mol. The Balaban J connectivity index is 3.30. The number of esters is 3. The Labute approximate surface area is 199 Å². The average molecular weight is 473 g/mol. The standard InChI is InChI=1S/C25H44O8/c1-14(23(3,4)5)13-16(26)31-17-15(2)30-20(29-12)19(33-22(28)25(9,10)11)18(17)32-21(27)24(6,7)8/h14-15,17-20H,13H2,1-12H3/t14-,15-,17-,18+,19-,20+/m1/s1.